The molecule has 0 saturated carbocycles. The Morgan fingerprint density at radius 3 is 2.56 bits per heavy atom. The zero-order chi connectivity index (χ0) is 12.3. The van der Waals surface area contributed by atoms with E-state index in [9.17, 15) is 12.9 Å². The van der Waals surface area contributed by atoms with Gasteiger partial charge in [0.2, 0.25) is 0 Å². The fourth-order valence-electron chi connectivity index (χ4n) is 1.35. The predicted octanol–water partition coefficient (Wildman–Crippen LogP) is 3.45. The van der Waals surface area contributed by atoms with Crippen LogP contribution in [-0.4, -0.2) is 6.98 Å². The zero-order valence-corrected chi connectivity index (χ0v) is 8.49. The van der Waals surface area contributed by atoms with Gasteiger partial charge in [-0.2, -0.15) is 0 Å². The quantitative estimate of drug-likeness (QED) is 0.278. The third-order valence-corrected chi connectivity index (χ3v) is 2.15. The molecular weight excluding hydrogens is 220 g/mol. The molecule has 2 N–H and O–H groups in total. The van der Waals surface area contributed by atoms with Crippen LogP contribution in [0, 0.1) is 6.92 Å². The van der Waals surface area contributed by atoms with E-state index in [0.717, 1.165) is 0 Å². The zero-order valence-electron chi connectivity index (χ0n) is 8.49. The molecule has 0 spiro atoms. The molecule has 0 aliphatic heterocycles. The summed E-state index contributed by atoms with van der Waals surface area (Å²) in [6.45, 7) is -3.43. The van der Waals surface area contributed by atoms with E-state index in [4.69, 9.17) is 11.3 Å². The second kappa shape index (κ2) is 4.36. The molecule has 0 bridgehead atoms. The maximum absolute atomic E-state index is 12.3. The molecule has 0 unspecified atom stereocenters. The highest BCUT2D eigenvalue weighted by Gasteiger charge is 2.24. The third kappa shape index (κ3) is 3.10. The summed E-state index contributed by atoms with van der Waals surface area (Å²) >= 11 is 0. The van der Waals surface area contributed by atoms with Gasteiger partial charge < -0.3 is 18.7 Å². The minimum atomic E-state index is -4.93. The lowest BCUT2D eigenvalue weighted by molar-refractivity contribution is 0.468. The van der Waals surface area contributed by atoms with Crippen molar-refractivity contribution in [2.75, 3.05) is 5.73 Å². The maximum Gasteiger partial charge on any atom is 0.482 e. The second-order valence-corrected chi connectivity index (χ2v) is 3.42. The number of hydrogen-bond acceptors (Lipinski definition) is 2. The fourth-order valence-corrected chi connectivity index (χ4v) is 1.35. The first kappa shape index (κ1) is 12.3. The Morgan fingerprint density at radius 2 is 2.06 bits per heavy atom. The van der Waals surface area contributed by atoms with Gasteiger partial charge in [-0.15, -0.1) is 0 Å². The van der Waals surface area contributed by atoms with Crippen molar-refractivity contribution in [3.05, 3.63) is 33.7 Å². The van der Waals surface area contributed by atoms with Crippen LogP contribution < -0.4 is 5.73 Å². The molecular formula is C8H9BF3N4-. The Balaban J connectivity index is 3.21. The van der Waals surface area contributed by atoms with Crippen molar-refractivity contribution >= 4 is 18.4 Å². The van der Waals surface area contributed by atoms with Crippen LogP contribution in [0.4, 0.5) is 24.3 Å². The van der Waals surface area contributed by atoms with E-state index in [0.29, 0.717) is 5.56 Å². The van der Waals surface area contributed by atoms with Crippen molar-refractivity contribution in [3.8, 4) is 0 Å². The molecule has 1 aromatic rings. The highest BCUT2D eigenvalue weighted by atomic mass is 19.4. The van der Waals surface area contributed by atoms with Crippen molar-refractivity contribution in [2.24, 2.45) is 5.11 Å². The van der Waals surface area contributed by atoms with Gasteiger partial charge in [-0.3, -0.25) is 0 Å². The average molecular weight is 229 g/mol. The Morgan fingerprint density at radius 1 is 1.44 bits per heavy atom. The van der Waals surface area contributed by atoms with Gasteiger partial charge in [-0.25, -0.2) is 0 Å². The molecule has 0 heterocycles. The predicted molar refractivity (Wildman–Crippen MR) is 57.2 cm³/mol. The molecule has 0 aromatic heterocycles. The summed E-state index contributed by atoms with van der Waals surface area (Å²) in [6.07, 6.45) is -1.02. The van der Waals surface area contributed by atoms with Gasteiger partial charge >= 0.3 is 6.98 Å². The molecule has 0 atom stereocenters. The van der Waals surface area contributed by atoms with Crippen molar-refractivity contribution < 1.29 is 12.9 Å². The molecule has 0 aliphatic carbocycles. The van der Waals surface area contributed by atoms with Crippen LogP contribution in [0.15, 0.2) is 17.2 Å². The number of hydrogen-bond donors (Lipinski definition) is 1. The SMILES string of the molecule is Cc1c(N)cc(N=[N+]=[N-])cc1C[B-](F)(F)F. The van der Waals surface area contributed by atoms with E-state index in [2.05, 4.69) is 10.0 Å². The van der Waals surface area contributed by atoms with E-state index in [1.54, 1.807) is 0 Å². The van der Waals surface area contributed by atoms with Crippen LogP contribution >= 0.6 is 0 Å². The van der Waals surface area contributed by atoms with Crippen molar-refractivity contribution in [1.29, 1.82) is 0 Å². The number of halogens is 3. The second-order valence-electron chi connectivity index (χ2n) is 3.42. The van der Waals surface area contributed by atoms with E-state index in [1.165, 1.54) is 19.1 Å². The van der Waals surface area contributed by atoms with Crippen LogP contribution in [0.5, 0.6) is 0 Å². The van der Waals surface area contributed by atoms with Crippen LogP contribution in [0.25, 0.3) is 10.4 Å². The standard InChI is InChI=1S/C8H9BF3N4/c1-5-6(4-9(10,11)12)2-7(15-16-14)3-8(5)13/h2-3H,4,13H2,1H3/q-1. The van der Waals surface area contributed by atoms with Gasteiger partial charge in [0.15, 0.2) is 0 Å². The third-order valence-electron chi connectivity index (χ3n) is 2.15. The van der Waals surface area contributed by atoms with Crippen molar-refractivity contribution in [2.45, 2.75) is 13.2 Å². The van der Waals surface area contributed by atoms with Gasteiger partial charge in [0.1, 0.15) is 0 Å². The molecule has 16 heavy (non-hydrogen) atoms. The van der Waals surface area contributed by atoms with Crippen LogP contribution in [0.1, 0.15) is 11.1 Å². The van der Waals surface area contributed by atoms with E-state index >= 15 is 0 Å². The first-order chi connectivity index (χ1) is 7.33. The van der Waals surface area contributed by atoms with Gasteiger partial charge in [0, 0.05) is 16.3 Å². The Kier molecular flexibility index (Phi) is 3.34. The molecule has 86 valence electrons. The smallest absolute Gasteiger partial charge is 0.449 e. The van der Waals surface area contributed by atoms with Crippen LogP contribution in [0.3, 0.4) is 0 Å². The minimum Gasteiger partial charge on any atom is -0.449 e. The molecule has 0 fully saturated rings. The van der Waals surface area contributed by atoms with Crippen LogP contribution in [-0.2, 0) is 6.32 Å². The fraction of sp³-hybridized carbons (Fsp3) is 0.250. The lowest BCUT2D eigenvalue weighted by atomic mass is 9.80. The average Bonchev–Trinajstić information content (AvgIpc) is 2.11. The summed E-state index contributed by atoms with van der Waals surface area (Å²) in [4.78, 5) is 2.51. The van der Waals surface area contributed by atoms with Gasteiger partial charge in [0.25, 0.3) is 0 Å². The Bertz CT molecular complexity index is 451. The number of nitrogens with zero attached hydrogens (tertiary/aromatic N) is 3. The molecule has 1 rings (SSSR count). The molecule has 8 heteroatoms. The van der Waals surface area contributed by atoms with Gasteiger partial charge in [-0.1, -0.05) is 23.1 Å². The Hall–Kier alpha value is -1.82. The minimum absolute atomic E-state index is 0.0508. The van der Waals surface area contributed by atoms with Crippen molar-refractivity contribution in [3.63, 3.8) is 0 Å². The normalized spacial score (nSPS) is 11.0. The summed E-state index contributed by atoms with van der Waals surface area (Å²) in [6, 6.07) is 2.56. The molecule has 0 radical (unpaired) electrons. The number of benzene rings is 1. The van der Waals surface area contributed by atoms with Gasteiger partial charge in [0.05, 0.1) is 0 Å². The summed E-state index contributed by atoms with van der Waals surface area (Å²) in [5, 5.41) is 3.24. The molecule has 0 saturated heterocycles. The molecule has 4 nitrogen and oxygen atoms in total. The monoisotopic (exact) mass is 229 g/mol. The topological polar surface area (TPSA) is 74.8 Å². The largest absolute Gasteiger partial charge is 0.482 e. The Labute approximate surface area is 89.9 Å². The summed E-state index contributed by atoms with van der Waals surface area (Å²) in [7, 11) is 0. The molecule has 0 amide bonds. The highest BCUT2D eigenvalue weighted by Crippen LogP contribution is 2.28. The van der Waals surface area contributed by atoms with E-state index in [-0.39, 0.29) is 16.9 Å². The number of rotatable bonds is 3. The van der Waals surface area contributed by atoms with Crippen molar-refractivity contribution in [1.82, 2.24) is 0 Å². The summed E-state index contributed by atoms with van der Waals surface area (Å²) < 4.78 is 36.9. The highest BCUT2D eigenvalue weighted by molar-refractivity contribution is 6.57. The van der Waals surface area contributed by atoms with Crippen LogP contribution in [0.2, 0.25) is 0 Å². The van der Waals surface area contributed by atoms with E-state index in [1.807, 2.05) is 0 Å². The number of anilines is 1. The summed E-state index contributed by atoms with van der Waals surface area (Å²) in [5.74, 6) is 0. The first-order valence-corrected chi connectivity index (χ1v) is 4.48. The summed E-state index contributed by atoms with van der Waals surface area (Å²) in [5.41, 5.74) is 14.4. The maximum atomic E-state index is 12.3. The molecule has 1 aromatic carbocycles. The van der Waals surface area contributed by atoms with Gasteiger partial charge in [-0.05, 0) is 24.1 Å². The first-order valence-electron chi connectivity index (χ1n) is 4.48. The lowest BCUT2D eigenvalue weighted by Gasteiger charge is -2.17. The lowest BCUT2D eigenvalue weighted by Crippen LogP contribution is -2.20. The van der Waals surface area contributed by atoms with E-state index < -0.39 is 13.3 Å². The number of nitrogens with two attached hydrogens (primary N) is 1. The number of nitrogen functional groups attached to an aromatic ring is 1. The molecule has 0 aliphatic rings. The number of azide groups is 1.